The van der Waals surface area contributed by atoms with Gasteiger partial charge in [-0.05, 0) is 13.3 Å². The third kappa shape index (κ3) is 4.15. The number of nitrogens with one attached hydrogen (secondary N) is 1. The summed E-state index contributed by atoms with van der Waals surface area (Å²) in [5.41, 5.74) is 0.938. The van der Waals surface area contributed by atoms with Crippen molar-refractivity contribution in [2.24, 2.45) is 0 Å². The summed E-state index contributed by atoms with van der Waals surface area (Å²) in [6, 6.07) is 0. The topological polar surface area (TPSA) is 37.8 Å². The van der Waals surface area contributed by atoms with Crippen LogP contribution in [0.4, 0.5) is 5.82 Å². The lowest BCUT2D eigenvalue weighted by atomic mass is 10.2. The van der Waals surface area contributed by atoms with Gasteiger partial charge in [0, 0.05) is 18.0 Å². The summed E-state index contributed by atoms with van der Waals surface area (Å²) in [5.74, 6) is 1.98. The maximum Gasteiger partial charge on any atom is 0.137 e. The summed E-state index contributed by atoms with van der Waals surface area (Å²) >= 11 is 6.11. The Hall–Kier alpha value is -0.830. The highest BCUT2D eigenvalue weighted by Crippen LogP contribution is 2.22. The van der Waals surface area contributed by atoms with Crippen molar-refractivity contribution in [2.45, 2.75) is 52.9 Å². The van der Waals surface area contributed by atoms with E-state index in [1.165, 1.54) is 12.8 Å². The molecular weight excluding hydrogens is 234 g/mol. The molecule has 0 saturated heterocycles. The number of unbranched alkanes of at least 4 members (excludes halogenated alkanes) is 2. The number of hydrogen-bond donors (Lipinski definition) is 1. The van der Waals surface area contributed by atoms with Gasteiger partial charge in [0.2, 0.25) is 0 Å². The van der Waals surface area contributed by atoms with Crippen LogP contribution < -0.4 is 5.32 Å². The van der Waals surface area contributed by atoms with Gasteiger partial charge in [-0.1, -0.05) is 45.2 Å². The number of halogens is 1. The molecule has 3 nitrogen and oxygen atoms in total. The number of nitrogens with zero attached hydrogens (tertiary/aromatic N) is 2. The van der Waals surface area contributed by atoms with Gasteiger partial charge in [-0.25, -0.2) is 9.97 Å². The highest BCUT2D eigenvalue weighted by atomic mass is 35.5. The van der Waals surface area contributed by atoms with E-state index in [4.69, 9.17) is 11.6 Å². The third-order valence-corrected chi connectivity index (χ3v) is 3.06. The SMILES string of the molecule is CCCCCNc1nc(C(C)C)nc(Cl)c1C. The van der Waals surface area contributed by atoms with Crippen LogP contribution in [0.15, 0.2) is 0 Å². The summed E-state index contributed by atoms with van der Waals surface area (Å²) in [6.07, 6.45) is 3.62. The van der Waals surface area contributed by atoms with Crippen molar-refractivity contribution in [1.82, 2.24) is 9.97 Å². The van der Waals surface area contributed by atoms with Crippen molar-refractivity contribution in [3.05, 3.63) is 16.5 Å². The Bertz CT molecular complexity index is 364. The van der Waals surface area contributed by atoms with Crippen molar-refractivity contribution >= 4 is 17.4 Å². The second-order valence-electron chi connectivity index (χ2n) is 4.63. The Labute approximate surface area is 109 Å². The molecule has 17 heavy (non-hydrogen) atoms. The van der Waals surface area contributed by atoms with Gasteiger partial charge >= 0.3 is 0 Å². The van der Waals surface area contributed by atoms with Gasteiger partial charge < -0.3 is 5.32 Å². The lowest BCUT2D eigenvalue weighted by Crippen LogP contribution is -2.09. The molecule has 0 saturated carbocycles. The molecule has 0 aliphatic carbocycles. The zero-order chi connectivity index (χ0) is 12.8. The van der Waals surface area contributed by atoms with E-state index >= 15 is 0 Å². The predicted molar refractivity (Wildman–Crippen MR) is 73.9 cm³/mol. The van der Waals surface area contributed by atoms with Crippen molar-refractivity contribution < 1.29 is 0 Å². The predicted octanol–water partition coefficient (Wildman–Crippen LogP) is 4.16. The van der Waals surface area contributed by atoms with Gasteiger partial charge in [-0.3, -0.25) is 0 Å². The van der Waals surface area contributed by atoms with Crippen LogP contribution in [0.3, 0.4) is 0 Å². The lowest BCUT2D eigenvalue weighted by Gasteiger charge is -2.12. The molecule has 4 heteroatoms. The van der Waals surface area contributed by atoms with Gasteiger partial charge in [0.25, 0.3) is 0 Å². The van der Waals surface area contributed by atoms with E-state index in [0.29, 0.717) is 11.1 Å². The van der Waals surface area contributed by atoms with Crippen LogP contribution in [0.1, 0.15) is 57.3 Å². The fourth-order valence-corrected chi connectivity index (χ4v) is 1.69. The molecular formula is C13H22ClN3. The standard InChI is InChI=1S/C13H22ClN3/c1-5-6-7-8-15-13-10(4)11(14)16-12(17-13)9(2)3/h9H,5-8H2,1-4H3,(H,15,16,17). The second-order valence-corrected chi connectivity index (χ2v) is 4.99. The number of aromatic nitrogens is 2. The van der Waals surface area contributed by atoms with E-state index in [1.54, 1.807) is 0 Å². The molecule has 0 aliphatic heterocycles. The first-order chi connectivity index (χ1) is 8.06. The van der Waals surface area contributed by atoms with Gasteiger partial charge in [0.1, 0.15) is 16.8 Å². The Morgan fingerprint density at radius 1 is 1.24 bits per heavy atom. The molecule has 1 rings (SSSR count). The normalized spacial score (nSPS) is 10.9. The van der Waals surface area contributed by atoms with Crippen molar-refractivity contribution in [1.29, 1.82) is 0 Å². The van der Waals surface area contributed by atoms with Gasteiger partial charge in [0.15, 0.2) is 0 Å². The van der Waals surface area contributed by atoms with Crippen LogP contribution in [0.5, 0.6) is 0 Å². The average molecular weight is 256 g/mol. The van der Waals surface area contributed by atoms with Crippen LogP contribution in [0, 0.1) is 6.92 Å². The van der Waals surface area contributed by atoms with Crippen molar-refractivity contribution in [3.63, 3.8) is 0 Å². The minimum Gasteiger partial charge on any atom is -0.370 e. The minimum absolute atomic E-state index is 0.296. The quantitative estimate of drug-likeness (QED) is 0.613. The van der Waals surface area contributed by atoms with Crippen LogP contribution in [-0.4, -0.2) is 16.5 Å². The molecule has 0 aliphatic rings. The summed E-state index contributed by atoms with van der Waals surface area (Å²) in [5, 5.41) is 3.91. The molecule has 1 heterocycles. The Kier molecular flexibility index (Phi) is 5.69. The van der Waals surface area contributed by atoms with E-state index in [0.717, 1.165) is 30.2 Å². The second kappa shape index (κ2) is 6.80. The highest BCUT2D eigenvalue weighted by Gasteiger charge is 2.11. The molecule has 1 aromatic rings. The smallest absolute Gasteiger partial charge is 0.137 e. The fraction of sp³-hybridized carbons (Fsp3) is 0.692. The van der Waals surface area contributed by atoms with E-state index in [1.807, 2.05) is 6.92 Å². The van der Waals surface area contributed by atoms with E-state index in [2.05, 4.69) is 36.1 Å². The first-order valence-electron chi connectivity index (χ1n) is 6.34. The molecule has 0 unspecified atom stereocenters. The Morgan fingerprint density at radius 3 is 2.53 bits per heavy atom. The molecule has 96 valence electrons. The molecule has 0 spiro atoms. The molecule has 1 aromatic heterocycles. The van der Waals surface area contributed by atoms with Crippen LogP contribution in [0.25, 0.3) is 0 Å². The fourth-order valence-electron chi connectivity index (χ4n) is 1.52. The molecule has 0 aromatic carbocycles. The maximum atomic E-state index is 6.11. The molecule has 0 bridgehead atoms. The monoisotopic (exact) mass is 255 g/mol. The Morgan fingerprint density at radius 2 is 1.94 bits per heavy atom. The van der Waals surface area contributed by atoms with E-state index < -0.39 is 0 Å². The van der Waals surface area contributed by atoms with Gasteiger partial charge in [-0.15, -0.1) is 0 Å². The number of anilines is 1. The Balaban J connectivity index is 2.75. The zero-order valence-corrected chi connectivity index (χ0v) is 11.9. The van der Waals surface area contributed by atoms with Crippen molar-refractivity contribution in [2.75, 3.05) is 11.9 Å². The number of rotatable bonds is 6. The third-order valence-electron chi connectivity index (χ3n) is 2.69. The summed E-state index contributed by atoms with van der Waals surface area (Å²) in [7, 11) is 0. The maximum absolute atomic E-state index is 6.11. The molecule has 0 atom stereocenters. The lowest BCUT2D eigenvalue weighted by molar-refractivity contribution is 0.736. The van der Waals surface area contributed by atoms with Crippen molar-refractivity contribution in [3.8, 4) is 0 Å². The average Bonchev–Trinajstić information content (AvgIpc) is 2.29. The highest BCUT2D eigenvalue weighted by molar-refractivity contribution is 6.30. The molecule has 0 fully saturated rings. The van der Waals surface area contributed by atoms with E-state index in [-0.39, 0.29) is 0 Å². The largest absolute Gasteiger partial charge is 0.370 e. The molecule has 0 radical (unpaired) electrons. The first kappa shape index (κ1) is 14.2. The minimum atomic E-state index is 0.296. The molecule has 0 amide bonds. The van der Waals surface area contributed by atoms with Gasteiger partial charge in [-0.2, -0.15) is 0 Å². The van der Waals surface area contributed by atoms with Crippen LogP contribution >= 0.6 is 11.6 Å². The van der Waals surface area contributed by atoms with Crippen LogP contribution in [0.2, 0.25) is 5.15 Å². The summed E-state index contributed by atoms with van der Waals surface area (Å²) < 4.78 is 0. The summed E-state index contributed by atoms with van der Waals surface area (Å²) in [4.78, 5) is 8.82. The zero-order valence-electron chi connectivity index (χ0n) is 11.2. The van der Waals surface area contributed by atoms with Crippen LogP contribution in [-0.2, 0) is 0 Å². The number of hydrogen-bond acceptors (Lipinski definition) is 3. The van der Waals surface area contributed by atoms with E-state index in [9.17, 15) is 0 Å². The molecule has 1 N–H and O–H groups in total. The summed E-state index contributed by atoms with van der Waals surface area (Å²) in [6.45, 7) is 9.24. The first-order valence-corrected chi connectivity index (χ1v) is 6.72. The van der Waals surface area contributed by atoms with Gasteiger partial charge in [0.05, 0.1) is 0 Å².